The summed E-state index contributed by atoms with van der Waals surface area (Å²) in [5.74, 6) is 0. The molecule has 0 spiro atoms. The Morgan fingerprint density at radius 1 is 1.46 bits per heavy atom. The summed E-state index contributed by atoms with van der Waals surface area (Å²) in [7, 11) is 0. The number of rotatable bonds is 2. The molecule has 13 heavy (non-hydrogen) atoms. The van der Waals surface area contributed by atoms with Crippen molar-refractivity contribution in [1.82, 2.24) is 10.2 Å². The Bertz CT molecular complexity index is 234. The summed E-state index contributed by atoms with van der Waals surface area (Å²) in [6.07, 6.45) is 5.78. The average Bonchev–Trinajstić information content (AvgIpc) is 2.02. The van der Waals surface area contributed by atoms with Crippen LogP contribution in [0.15, 0.2) is 23.3 Å². The fourth-order valence-corrected chi connectivity index (χ4v) is 1.83. The molecule has 0 aliphatic carbocycles. The van der Waals surface area contributed by atoms with Crippen LogP contribution in [0.2, 0.25) is 0 Å². The Balaban J connectivity index is 1.86. The van der Waals surface area contributed by atoms with Gasteiger partial charge in [-0.2, -0.15) is 0 Å². The lowest BCUT2D eigenvalue weighted by molar-refractivity contribution is 0.321. The largest absolute Gasteiger partial charge is 0.309 e. The summed E-state index contributed by atoms with van der Waals surface area (Å²) < 4.78 is 0. The van der Waals surface area contributed by atoms with Crippen molar-refractivity contribution in [3.05, 3.63) is 23.3 Å². The van der Waals surface area contributed by atoms with Crippen LogP contribution in [-0.2, 0) is 0 Å². The van der Waals surface area contributed by atoms with Crippen LogP contribution in [0.5, 0.6) is 0 Å². The summed E-state index contributed by atoms with van der Waals surface area (Å²) in [5, 5.41) is 3.29. The molecule has 0 aromatic heterocycles. The van der Waals surface area contributed by atoms with Crippen LogP contribution in [0.25, 0.3) is 0 Å². The smallest absolute Gasteiger partial charge is 0.0197 e. The van der Waals surface area contributed by atoms with Crippen molar-refractivity contribution < 1.29 is 0 Å². The molecule has 0 amide bonds. The van der Waals surface area contributed by atoms with Crippen LogP contribution in [0.3, 0.4) is 0 Å². The zero-order chi connectivity index (χ0) is 9.10. The van der Waals surface area contributed by atoms with Crippen molar-refractivity contribution in [2.45, 2.75) is 13.3 Å². The van der Waals surface area contributed by atoms with Crippen molar-refractivity contribution in [3.8, 4) is 0 Å². The molecule has 1 fully saturated rings. The maximum atomic E-state index is 3.29. The van der Waals surface area contributed by atoms with E-state index in [9.17, 15) is 0 Å². The van der Waals surface area contributed by atoms with Gasteiger partial charge in [-0.1, -0.05) is 17.7 Å². The third-order valence-electron chi connectivity index (χ3n) is 2.88. The van der Waals surface area contributed by atoms with Crippen LogP contribution in [0, 0.1) is 0 Å². The number of hydrogen-bond acceptors (Lipinski definition) is 2. The van der Waals surface area contributed by atoms with Gasteiger partial charge >= 0.3 is 0 Å². The van der Waals surface area contributed by atoms with Crippen molar-refractivity contribution >= 4 is 0 Å². The van der Waals surface area contributed by atoms with Crippen LogP contribution >= 0.6 is 0 Å². The minimum absolute atomic E-state index is 1.12. The van der Waals surface area contributed by atoms with E-state index in [4.69, 9.17) is 0 Å². The topological polar surface area (TPSA) is 15.3 Å². The molecule has 0 radical (unpaired) electrons. The number of hydrogen-bond donors (Lipinski definition) is 1. The Hall–Kier alpha value is -0.600. The van der Waals surface area contributed by atoms with Crippen molar-refractivity contribution in [1.29, 1.82) is 0 Å². The molecule has 2 aliphatic heterocycles. The molecule has 2 heteroatoms. The standard InChI is InChI=1S/C11H18N2/c1-10(11-7-12-8-11)9-13-5-3-2-4-6-13/h2-3,12H,4-9H2,1H3. The first kappa shape index (κ1) is 8.97. The second-order valence-electron chi connectivity index (χ2n) is 3.98. The minimum atomic E-state index is 1.12. The van der Waals surface area contributed by atoms with Crippen molar-refractivity contribution in [2.24, 2.45) is 0 Å². The molecule has 1 saturated heterocycles. The predicted molar refractivity (Wildman–Crippen MR) is 55.8 cm³/mol. The molecule has 1 N–H and O–H groups in total. The molecule has 0 aromatic carbocycles. The van der Waals surface area contributed by atoms with Crippen molar-refractivity contribution in [3.63, 3.8) is 0 Å². The number of nitrogens with one attached hydrogen (secondary N) is 1. The van der Waals surface area contributed by atoms with Gasteiger partial charge in [0.25, 0.3) is 0 Å². The first-order valence-corrected chi connectivity index (χ1v) is 5.12. The molecule has 0 saturated carbocycles. The fraction of sp³-hybridized carbons (Fsp3) is 0.636. The lowest BCUT2D eigenvalue weighted by Gasteiger charge is -2.27. The monoisotopic (exact) mass is 178 g/mol. The lowest BCUT2D eigenvalue weighted by Crippen LogP contribution is -2.37. The Labute approximate surface area is 80.3 Å². The minimum Gasteiger partial charge on any atom is -0.309 e. The molecular formula is C11H18N2. The van der Waals surface area contributed by atoms with E-state index in [1.54, 1.807) is 11.1 Å². The lowest BCUT2D eigenvalue weighted by atomic mass is 10.0. The molecule has 2 rings (SSSR count). The molecule has 0 atom stereocenters. The summed E-state index contributed by atoms with van der Waals surface area (Å²) in [4.78, 5) is 2.51. The van der Waals surface area contributed by atoms with Crippen LogP contribution < -0.4 is 5.32 Å². The normalized spacial score (nSPS) is 23.0. The highest BCUT2D eigenvalue weighted by Gasteiger charge is 2.13. The third-order valence-corrected chi connectivity index (χ3v) is 2.88. The van der Waals surface area contributed by atoms with Gasteiger partial charge in [0, 0.05) is 32.7 Å². The van der Waals surface area contributed by atoms with E-state index < -0.39 is 0 Å². The molecule has 0 bridgehead atoms. The highest BCUT2D eigenvalue weighted by Crippen LogP contribution is 2.11. The Kier molecular flexibility index (Phi) is 2.81. The second-order valence-corrected chi connectivity index (χ2v) is 3.98. The van der Waals surface area contributed by atoms with Gasteiger partial charge in [-0.05, 0) is 18.9 Å². The second kappa shape index (κ2) is 4.07. The highest BCUT2D eigenvalue weighted by molar-refractivity contribution is 5.22. The van der Waals surface area contributed by atoms with E-state index in [0.717, 1.165) is 19.6 Å². The van der Waals surface area contributed by atoms with Crippen LogP contribution in [0.4, 0.5) is 0 Å². The zero-order valence-corrected chi connectivity index (χ0v) is 8.34. The van der Waals surface area contributed by atoms with E-state index in [-0.39, 0.29) is 0 Å². The third kappa shape index (κ3) is 2.20. The van der Waals surface area contributed by atoms with Crippen molar-refractivity contribution in [2.75, 3.05) is 32.7 Å². The van der Waals surface area contributed by atoms with E-state index in [1.165, 1.54) is 19.5 Å². The quantitative estimate of drug-likeness (QED) is 0.638. The van der Waals surface area contributed by atoms with E-state index >= 15 is 0 Å². The van der Waals surface area contributed by atoms with Gasteiger partial charge in [-0.25, -0.2) is 0 Å². The van der Waals surface area contributed by atoms with E-state index in [0.29, 0.717) is 0 Å². The van der Waals surface area contributed by atoms with Gasteiger partial charge in [0.15, 0.2) is 0 Å². The van der Waals surface area contributed by atoms with Gasteiger partial charge in [0.1, 0.15) is 0 Å². The summed E-state index contributed by atoms with van der Waals surface area (Å²) in [5.41, 5.74) is 3.20. The maximum Gasteiger partial charge on any atom is 0.0197 e. The number of nitrogens with zero attached hydrogens (tertiary/aromatic N) is 1. The van der Waals surface area contributed by atoms with Crippen LogP contribution in [-0.4, -0.2) is 37.6 Å². The maximum absolute atomic E-state index is 3.29. The molecular weight excluding hydrogens is 160 g/mol. The molecule has 2 nitrogen and oxygen atoms in total. The highest BCUT2D eigenvalue weighted by atomic mass is 15.1. The Morgan fingerprint density at radius 2 is 2.31 bits per heavy atom. The molecule has 0 aromatic rings. The average molecular weight is 178 g/mol. The zero-order valence-electron chi connectivity index (χ0n) is 8.34. The van der Waals surface area contributed by atoms with Crippen LogP contribution in [0.1, 0.15) is 13.3 Å². The first-order chi connectivity index (χ1) is 6.36. The summed E-state index contributed by atoms with van der Waals surface area (Å²) in [6, 6.07) is 0. The summed E-state index contributed by atoms with van der Waals surface area (Å²) in [6.45, 7) is 8.05. The predicted octanol–water partition coefficient (Wildman–Crippen LogP) is 1.17. The van der Waals surface area contributed by atoms with Gasteiger partial charge < -0.3 is 5.32 Å². The van der Waals surface area contributed by atoms with E-state index in [1.807, 2.05) is 0 Å². The van der Waals surface area contributed by atoms with Gasteiger partial charge in [0.2, 0.25) is 0 Å². The Morgan fingerprint density at radius 3 is 2.85 bits per heavy atom. The first-order valence-electron chi connectivity index (χ1n) is 5.12. The van der Waals surface area contributed by atoms with Gasteiger partial charge in [0.05, 0.1) is 0 Å². The van der Waals surface area contributed by atoms with E-state index in [2.05, 4.69) is 29.3 Å². The fourth-order valence-electron chi connectivity index (χ4n) is 1.83. The molecule has 2 aliphatic rings. The molecule has 0 unspecified atom stereocenters. The van der Waals surface area contributed by atoms with Gasteiger partial charge in [-0.15, -0.1) is 0 Å². The summed E-state index contributed by atoms with van der Waals surface area (Å²) >= 11 is 0. The molecule has 72 valence electrons. The SMILES string of the molecule is CC(CN1CC=CCC1)=C1CNC1. The van der Waals surface area contributed by atoms with Gasteiger partial charge in [-0.3, -0.25) is 4.90 Å². The molecule has 2 heterocycles.